The number of aryl methyl sites for hydroxylation is 1. The van der Waals surface area contributed by atoms with Crippen LogP contribution < -0.4 is 20.2 Å². The molecule has 0 saturated carbocycles. The number of hydrogen-bond acceptors (Lipinski definition) is 5. The largest absolute Gasteiger partial charge is 0.493 e. The lowest BCUT2D eigenvalue weighted by Gasteiger charge is -2.10. The average molecular weight is 406 g/mol. The van der Waals surface area contributed by atoms with Crippen LogP contribution >= 0.6 is 15.9 Å². The van der Waals surface area contributed by atoms with Crippen LogP contribution in [-0.2, 0) is 4.79 Å². The van der Waals surface area contributed by atoms with Gasteiger partial charge in [-0.3, -0.25) is 4.79 Å². The Kier molecular flexibility index (Phi) is 6.82. The predicted molar refractivity (Wildman–Crippen MR) is 103 cm³/mol. The van der Waals surface area contributed by atoms with Crippen LogP contribution in [0.1, 0.15) is 11.1 Å². The second-order valence-electron chi connectivity index (χ2n) is 5.25. The van der Waals surface area contributed by atoms with Gasteiger partial charge < -0.3 is 14.8 Å². The van der Waals surface area contributed by atoms with Gasteiger partial charge in [0.05, 0.1) is 31.5 Å². The molecule has 0 aromatic heterocycles. The molecule has 132 valence electrons. The number of methoxy groups -OCH3 is 2. The zero-order valence-electron chi connectivity index (χ0n) is 14.3. The SMILES string of the molecule is COc1cc(/C=N\NC(=O)CNc2ccc(C)cc2)cc(Br)c1OC. The highest BCUT2D eigenvalue weighted by Crippen LogP contribution is 2.35. The number of rotatable bonds is 7. The molecule has 1 amide bonds. The van der Waals surface area contributed by atoms with E-state index in [1.165, 1.54) is 11.8 Å². The molecule has 7 heteroatoms. The number of anilines is 1. The minimum Gasteiger partial charge on any atom is -0.493 e. The molecule has 25 heavy (non-hydrogen) atoms. The summed E-state index contributed by atoms with van der Waals surface area (Å²) in [4.78, 5) is 11.8. The van der Waals surface area contributed by atoms with E-state index in [2.05, 4.69) is 31.8 Å². The van der Waals surface area contributed by atoms with Gasteiger partial charge in [-0.1, -0.05) is 17.7 Å². The van der Waals surface area contributed by atoms with Crippen molar-refractivity contribution in [3.63, 3.8) is 0 Å². The lowest BCUT2D eigenvalue weighted by Crippen LogP contribution is -2.25. The van der Waals surface area contributed by atoms with Gasteiger partial charge in [-0.15, -0.1) is 0 Å². The highest BCUT2D eigenvalue weighted by atomic mass is 79.9. The molecule has 6 nitrogen and oxygen atoms in total. The Labute approximate surface area is 155 Å². The summed E-state index contributed by atoms with van der Waals surface area (Å²) in [7, 11) is 3.13. The molecule has 0 unspecified atom stereocenters. The normalized spacial score (nSPS) is 10.6. The van der Waals surface area contributed by atoms with Gasteiger partial charge in [0.25, 0.3) is 5.91 Å². The minimum atomic E-state index is -0.239. The van der Waals surface area contributed by atoms with E-state index < -0.39 is 0 Å². The molecule has 0 radical (unpaired) electrons. The van der Waals surface area contributed by atoms with Crippen molar-refractivity contribution < 1.29 is 14.3 Å². The minimum absolute atomic E-state index is 0.135. The molecule has 2 N–H and O–H groups in total. The van der Waals surface area contributed by atoms with E-state index in [0.29, 0.717) is 11.5 Å². The topological polar surface area (TPSA) is 72.0 Å². The Morgan fingerprint density at radius 1 is 1.20 bits per heavy atom. The van der Waals surface area contributed by atoms with Crippen LogP contribution in [0.15, 0.2) is 46.0 Å². The van der Waals surface area contributed by atoms with Gasteiger partial charge in [0.2, 0.25) is 0 Å². The molecule has 2 rings (SSSR count). The fourth-order valence-corrected chi connectivity index (χ4v) is 2.71. The number of hydrogen-bond donors (Lipinski definition) is 2. The van der Waals surface area contributed by atoms with Crippen molar-refractivity contribution >= 4 is 33.7 Å². The van der Waals surface area contributed by atoms with Crippen LogP contribution in [0.25, 0.3) is 0 Å². The Bertz CT molecular complexity index is 761. The van der Waals surface area contributed by atoms with Crippen molar-refractivity contribution in [2.45, 2.75) is 6.92 Å². The van der Waals surface area contributed by atoms with Crippen molar-refractivity contribution in [3.8, 4) is 11.5 Å². The summed E-state index contributed by atoms with van der Waals surface area (Å²) >= 11 is 3.41. The van der Waals surface area contributed by atoms with Crippen molar-refractivity contribution in [3.05, 3.63) is 52.0 Å². The number of ether oxygens (including phenoxy) is 2. The quantitative estimate of drug-likeness (QED) is 0.547. The van der Waals surface area contributed by atoms with Crippen LogP contribution in [0.3, 0.4) is 0 Å². The molecule has 2 aromatic rings. The summed E-state index contributed by atoms with van der Waals surface area (Å²) in [6.07, 6.45) is 1.54. The molecular formula is C18H20BrN3O3. The van der Waals surface area contributed by atoms with Crippen molar-refractivity contribution in [1.82, 2.24) is 5.43 Å². The molecular weight excluding hydrogens is 386 g/mol. The summed E-state index contributed by atoms with van der Waals surface area (Å²) in [5.74, 6) is 0.938. The number of carbonyl (C=O) groups is 1. The van der Waals surface area contributed by atoms with Gasteiger partial charge in [0.1, 0.15) is 0 Å². The summed E-state index contributed by atoms with van der Waals surface area (Å²) < 4.78 is 11.3. The van der Waals surface area contributed by atoms with E-state index in [-0.39, 0.29) is 12.5 Å². The van der Waals surface area contributed by atoms with Crippen LogP contribution in [0.2, 0.25) is 0 Å². The summed E-state index contributed by atoms with van der Waals surface area (Å²) in [6, 6.07) is 11.4. The molecule has 0 fully saturated rings. The number of carbonyl (C=O) groups excluding carboxylic acids is 1. The maximum atomic E-state index is 11.8. The Morgan fingerprint density at radius 3 is 2.56 bits per heavy atom. The van der Waals surface area contributed by atoms with E-state index in [0.717, 1.165) is 15.7 Å². The maximum Gasteiger partial charge on any atom is 0.259 e. The number of halogens is 1. The number of hydrazone groups is 1. The van der Waals surface area contributed by atoms with Crippen LogP contribution in [-0.4, -0.2) is 32.9 Å². The van der Waals surface area contributed by atoms with Gasteiger partial charge in [-0.05, 0) is 52.7 Å². The molecule has 0 spiro atoms. The van der Waals surface area contributed by atoms with Crippen molar-refractivity contribution in [2.24, 2.45) is 5.10 Å². The van der Waals surface area contributed by atoms with Gasteiger partial charge in [-0.25, -0.2) is 5.43 Å². The number of nitrogens with one attached hydrogen (secondary N) is 2. The second kappa shape index (κ2) is 9.08. The summed E-state index contributed by atoms with van der Waals surface area (Å²) in [5.41, 5.74) is 5.29. The third-order valence-corrected chi connectivity index (χ3v) is 3.95. The fourth-order valence-electron chi connectivity index (χ4n) is 2.08. The zero-order valence-corrected chi connectivity index (χ0v) is 15.9. The Balaban J connectivity index is 1.90. The van der Waals surface area contributed by atoms with Crippen LogP contribution in [0.4, 0.5) is 5.69 Å². The van der Waals surface area contributed by atoms with Gasteiger partial charge >= 0.3 is 0 Å². The zero-order chi connectivity index (χ0) is 18.2. The number of amides is 1. The van der Waals surface area contributed by atoms with E-state index >= 15 is 0 Å². The molecule has 2 aromatic carbocycles. The Hall–Kier alpha value is -2.54. The first-order valence-electron chi connectivity index (χ1n) is 7.57. The third kappa shape index (κ3) is 5.49. The van der Waals surface area contributed by atoms with Crippen molar-refractivity contribution in [1.29, 1.82) is 0 Å². The first-order chi connectivity index (χ1) is 12.0. The molecule has 0 aliphatic rings. The van der Waals surface area contributed by atoms with E-state index in [9.17, 15) is 4.79 Å². The first kappa shape index (κ1) is 18.8. The van der Waals surface area contributed by atoms with E-state index in [4.69, 9.17) is 9.47 Å². The fraction of sp³-hybridized carbons (Fsp3) is 0.222. The van der Waals surface area contributed by atoms with Gasteiger partial charge in [0, 0.05) is 5.69 Å². The highest BCUT2D eigenvalue weighted by Gasteiger charge is 2.09. The molecule has 0 aliphatic heterocycles. The first-order valence-corrected chi connectivity index (χ1v) is 8.36. The summed E-state index contributed by atoms with van der Waals surface area (Å²) in [5, 5.41) is 6.99. The second-order valence-corrected chi connectivity index (χ2v) is 6.11. The molecule has 0 heterocycles. The number of benzene rings is 2. The maximum absolute atomic E-state index is 11.8. The van der Waals surface area contributed by atoms with Crippen molar-refractivity contribution in [2.75, 3.05) is 26.1 Å². The van der Waals surface area contributed by atoms with Gasteiger partial charge in [0.15, 0.2) is 11.5 Å². The Morgan fingerprint density at radius 2 is 1.92 bits per heavy atom. The molecule has 0 aliphatic carbocycles. The lowest BCUT2D eigenvalue weighted by molar-refractivity contribution is -0.119. The van der Waals surface area contributed by atoms with Crippen LogP contribution in [0, 0.1) is 6.92 Å². The smallest absolute Gasteiger partial charge is 0.259 e. The van der Waals surface area contributed by atoms with E-state index in [1.54, 1.807) is 20.3 Å². The van der Waals surface area contributed by atoms with Crippen LogP contribution in [0.5, 0.6) is 11.5 Å². The third-order valence-electron chi connectivity index (χ3n) is 3.36. The average Bonchev–Trinajstić information content (AvgIpc) is 2.60. The predicted octanol–water partition coefficient (Wildman–Crippen LogP) is 3.34. The highest BCUT2D eigenvalue weighted by molar-refractivity contribution is 9.10. The molecule has 0 atom stereocenters. The summed E-state index contributed by atoms with van der Waals surface area (Å²) in [6.45, 7) is 2.15. The molecule has 0 saturated heterocycles. The molecule has 0 bridgehead atoms. The van der Waals surface area contributed by atoms with Gasteiger partial charge in [-0.2, -0.15) is 5.10 Å². The number of nitrogens with zero attached hydrogens (tertiary/aromatic N) is 1. The van der Waals surface area contributed by atoms with E-state index in [1.807, 2.05) is 37.3 Å². The monoisotopic (exact) mass is 405 g/mol. The lowest BCUT2D eigenvalue weighted by atomic mass is 10.2. The standard InChI is InChI=1S/C18H20BrN3O3/c1-12-4-6-14(7-5-12)20-11-17(23)22-21-10-13-8-15(19)18(25-3)16(9-13)24-2/h4-10,20H,11H2,1-3H3,(H,22,23)/b21-10-.